The normalized spacial score (nSPS) is 17.2. The maximum Gasteiger partial charge on any atom is 0.206 e. The van der Waals surface area contributed by atoms with Crippen LogP contribution in [0.1, 0.15) is 13.8 Å². The summed E-state index contributed by atoms with van der Waals surface area (Å²) in [5, 5.41) is 0. The average Bonchev–Trinajstić information content (AvgIpc) is 1.96. The largest absolute Gasteiger partial charge is 0.359 e. The molecule has 2 heteroatoms. The summed E-state index contributed by atoms with van der Waals surface area (Å²) in [6.07, 6.45) is 7.41. The molecule has 0 fully saturated rings. The molecule has 1 heterocycles. The van der Waals surface area contributed by atoms with Crippen LogP contribution in [0.4, 0.5) is 0 Å². The molecule has 0 unspecified atom stereocenters. The third kappa shape index (κ3) is 1.82. The van der Waals surface area contributed by atoms with E-state index in [0.29, 0.717) is 6.71 Å². The second-order valence-corrected chi connectivity index (χ2v) is 3.49. The Morgan fingerprint density at radius 2 is 1.92 bits per heavy atom. The maximum absolute atomic E-state index is 3.77. The predicted molar refractivity (Wildman–Crippen MR) is 56.0 cm³/mol. The molecule has 64 valence electrons. The van der Waals surface area contributed by atoms with Gasteiger partial charge in [-0.2, -0.15) is 0 Å². The highest BCUT2D eigenvalue weighted by Gasteiger charge is 2.19. The molecular formula is C10H16BN. The van der Waals surface area contributed by atoms with E-state index in [1.54, 1.807) is 0 Å². The summed E-state index contributed by atoms with van der Waals surface area (Å²) >= 11 is 0. The van der Waals surface area contributed by atoms with Crippen LogP contribution in [0.2, 0.25) is 6.32 Å². The number of hydrogen-bond acceptors (Lipinski definition) is 1. The highest BCUT2D eigenvalue weighted by atomic mass is 15.0. The number of rotatable bonds is 2. The Bertz CT molecular complexity index is 220. The zero-order valence-electron chi connectivity index (χ0n) is 8.17. The van der Waals surface area contributed by atoms with Crippen molar-refractivity contribution in [2.75, 3.05) is 7.05 Å². The van der Waals surface area contributed by atoms with Crippen molar-refractivity contribution < 1.29 is 0 Å². The van der Waals surface area contributed by atoms with Crippen LogP contribution >= 0.6 is 0 Å². The molecule has 0 bridgehead atoms. The van der Waals surface area contributed by atoms with Crippen LogP contribution < -0.4 is 0 Å². The number of hydrogen-bond donors (Lipinski definition) is 0. The first-order chi connectivity index (χ1) is 5.65. The van der Waals surface area contributed by atoms with Gasteiger partial charge in [-0.3, -0.25) is 0 Å². The molecule has 0 N–H and O–H groups in total. The van der Waals surface area contributed by atoms with Crippen molar-refractivity contribution in [2.24, 2.45) is 0 Å². The SMILES string of the molecule is C=CCB1C(C)=CN(C)C=C1C. The Labute approximate surface area is 75.5 Å². The van der Waals surface area contributed by atoms with Gasteiger partial charge in [0.2, 0.25) is 6.71 Å². The Morgan fingerprint density at radius 1 is 1.42 bits per heavy atom. The second-order valence-electron chi connectivity index (χ2n) is 3.49. The van der Waals surface area contributed by atoms with Crippen LogP contribution in [0.25, 0.3) is 0 Å². The molecule has 12 heavy (non-hydrogen) atoms. The smallest absolute Gasteiger partial charge is 0.206 e. The van der Waals surface area contributed by atoms with Crippen molar-refractivity contribution >= 4 is 6.71 Å². The molecule has 0 saturated carbocycles. The average molecular weight is 161 g/mol. The molecule has 1 aliphatic rings. The van der Waals surface area contributed by atoms with E-state index in [9.17, 15) is 0 Å². The lowest BCUT2D eigenvalue weighted by Gasteiger charge is -2.23. The number of allylic oxidation sites excluding steroid dienone is 3. The molecule has 0 aromatic rings. The van der Waals surface area contributed by atoms with E-state index in [2.05, 4.69) is 44.8 Å². The van der Waals surface area contributed by atoms with Gasteiger partial charge in [0.25, 0.3) is 0 Å². The van der Waals surface area contributed by atoms with Gasteiger partial charge in [0.1, 0.15) is 0 Å². The highest BCUT2D eigenvalue weighted by Crippen LogP contribution is 2.19. The first kappa shape index (κ1) is 9.18. The first-order valence-corrected chi connectivity index (χ1v) is 4.34. The lowest BCUT2D eigenvalue weighted by molar-refractivity contribution is 0.615. The first-order valence-electron chi connectivity index (χ1n) is 4.34. The van der Waals surface area contributed by atoms with Gasteiger partial charge in [0.15, 0.2) is 0 Å². The van der Waals surface area contributed by atoms with Gasteiger partial charge in [-0.1, -0.05) is 17.0 Å². The molecular weight excluding hydrogens is 145 g/mol. The summed E-state index contributed by atoms with van der Waals surface area (Å²) in [7, 11) is 2.07. The van der Waals surface area contributed by atoms with Gasteiger partial charge in [0.05, 0.1) is 0 Å². The van der Waals surface area contributed by atoms with Gasteiger partial charge in [0, 0.05) is 7.05 Å². The molecule has 1 rings (SSSR count). The van der Waals surface area contributed by atoms with Crippen LogP contribution in [0, 0.1) is 0 Å². The Kier molecular flexibility index (Phi) is 2.80. The van der Waals surface area contributed by atoms with Crippen LogP contribution in [-0.4, -0.2) is 18.7 Å². The van der Waals surface area contributed by atoms with E-state index in [0.717, 1.165) is 6.32 Å². The van der Waals surface area contributed by atoms with Gasteiger partial charge in [-0.25, -0.2) is 0 Å². The molecule has 0 atom stereocenters. The van der Waals surface area contributed by atoms with Gasteiger partial charge in [-0.05, 0) is 32.6 Å². The predicted octanol–water partition coefficient (Wildman–Crippen LogP) is 2.50. The fourth-order valence-electron chi connectivity index (χ4n) is 1.76. The minimum atomic E-state index is 0.582. The van der Waals surface area contributed by atoms with E-state index in [1.807, 2.05) is 6.08 Å². The summed E-state index contributed by atoms with van der Waals surface area (Å²) in [5.41, 5.74) is 2.86. The van der Waals surface area contributed by atoms with E-state index in [-0.39, 0.29) is 0 Å². The lowest BCUT2D eigenvalue weighted by Crippen LogP contribution is -2.24. The third-order valence-electron chi connectivity index (χ3n) is 2.32. The summed E-state index contributed by atoms with van der Waals surface area (Å²) < 4.78 is 0. The molecule has 0 aliphatic carbocycles. The van der Waals surface area contributed by atoms with Crippen LogP contribution in [0.15, 0.2) is 36.0 Å². The van der Waals surface area contributed by atoms with Gasteiger partial charge < -0.3 is 4.90 Å². The summed E-state index contributed by atoms with van der Waals surface area (Å²) in [4.78, 5) is 2.12. The number of nitrogens with zero attached hydrogens (tertiary/aromatic N) is 1. The van der Waals surface area contributed by atoms with Crippen molar-refractivity contribution in [3.05, 3.63) is 36.0 Å². The van der Waals surface area contributed by atoms with Crippen molar-refractivity contribution in [2.45, 2.75) is 20.2 Å². The van der Waals surface area contributed by atoms with E-state index in [4.69, 9.17) is 0 Å². The molecule has 0 aromatic heterocycles. The molecule has 0 aromatic carbocycles. The van der Waals surface area contributed by atoms with Crippen molar-refractivity contribution in [1.82, 2.24) is 4.90 Å². The second kappa shape index (κ2) is 3.66. The third-order valence-corrected chi connectivity index (χ3v) is 2.32. The standard InChI is InChI=1S/C10H16BN/c1-5-6-11-9(2)7-12(4)8-10(11)3/h5,7-8H,1,6H2,2-4H3. The molecule has 1 nitrogen and oxygen atoms in total. The maximum atomic E-state index is 3.77. The molecule has 0 radical (unpaired) electrons. The monoisotopic (exact) mass is 161 g/mol. The molecule has 0 saturated heterocycles. The van der Waals surface area contributed by atoms with E-state index in [1.165, 1.54) is 10.9 Å². The van der Waals surface area contributed by atoms with Crippen LogP contribution in [-0.2, 0) is 0 Å². The topological polar surface area (TPSA) is 3.24 Å². The Balaban J connectivity index is 2.80. The van der Waals surface area contributed by atoms with Gasteiger partial charge in [-0.15, -0.1) is 6.58 Å². The fraction of sp³-hybridized carbons (Fsp3) is 0.400. The Hall–Kier alpha value is -0.915. The minimum absolute atomic E-state index is 0.582. The highest BCUT2D eigenvalue weighted by molar-refractivity contribution is 6.74. The van der Waals surface area contributed by atoms with Gasteiger partial charge >= 0.3 is 0 Å². The van der Waals surface area contributed by atoms with E-state index >= 15 is 0 Å². The Morgan fingerprint density at radius 3 is 2.33 bits per heavy atom. The van der Waals surface area contributed by atoms with Crippen LogP contribution in [0.5, 0.6) is 0 Å². The van der Waals surface area contributed by atoms with Crippen molar-refractivity contribution in [3.8, 4) is 0 Å². The van der Waals surface area contributed by atoms with Crippen molar-refractivity contribution in [1.29, 1.82) is 0 Å². The molecule has 0 amide bonds. The molecule has 0 spiro atoms. The zero-order chi connectivity index (χ0) is 9.14. The van der Waals surface area contributed by atoms with Crippen LogP contribution in [0.3, 0.4) is 0 Å². The summed E-state index contributed by atoms with van der Waals surface area (Å²) in [6, 6.07) is 0. The fourth-order valence-corrected chi connectivity index (χ4v) is 1.76. The van der Waals surface area contributed by atoms with Crippen molar-refractivity contribution in [3.63, 3.8) is 0 Å². The summed E-state index contributed by atoms with van der Waals surface area (Å²) in [5.74, 6) is 0. The van der Waals surface area contributed by atoms with E-state index < -0.39 is 0 Å². The lowest BCUT2D eigenvalue weighted by atomic mass is 9.38. The quantitative estimate of drug-likeness (QED) is 0.444. The molecule has 1 aliphatic heterocycles. The summed E-state index contributed by atoms with van der Waals surface area (Å²) in [6.45, 7) is 8.72. The minimum Gasteiger partial charge on any atom is -0.359 e. The zero-order valence-corrected chi connectivity index (χ0v) is 8.17.